The van der Waals surface area contributed by atoms with Gasteiger partial charge in [0.25, 0.3) is 5.69 Å². The highest BCUT2D eigenvalue weighted by atomic mass is 16.6. The molecule has 19 heavy (non-hydrogen) atoms. The lowest BCUT2D eigenvalue weighted by molar-refractivity contribution is -0.384. The molecule has 0 amide bonds. The smallest absolute Gasteiger partial charge is 0.296 e. The van der Waals surface area contributed by atoms with Gasteiger partial charge < -0.3 is 15.3 Å². The van der Waals surface area contributed by atoms with Gasteiger partial charge in [-0.3, -0.25) is 10.1 Å². The molecule has 1 aromatic rings. The number of nitrogens with zero attached hydrogens (tertiary/aromatic N) is 2. The molecule has 0 spiro atoms. The lowest BCUT2D eigenvalue weighted by atomic mass is 9.94. The van der Waals surface area contributed by atoms with E-state index in [2.05, 4.69) is 10.2 Å². The van der Waals surface area contributed by atoms with Gasteiger partial charge in [0.1, 0.15) is 11.4 Å². The molecular formula is C13H17N3O3. The van der Waals surface area contributed by atoms with Crippen molar-refractivity contribution in [3.63, 3.8) is 0 Å². The monoisotopic (exact) mass is 263 g/mol. The van der Waals surface area contributed by atoms with Crippen LogP contribution in [0.2, 0.25) is 0 Å². The van der Waals surface area contributed by atoms with Crippen LogP contribution in [0.25, 0.3) is 0 Å². The Morgan fingerprint density at radius 1 is 1.37 bits per heavy atom. The molecule has 2 aliphatic rings. The van der Waals surface area contributed by atoms with Crippen LogP contribution in [0.3, 0.4) is 0 Å². The number of anilines is 1. The molecule has 2 bridgehead atoms. The molecule has 3 unspecified atom stereocenters. The highest BCUT2D eigenvalue weighted by Gasteiger charge is 2.34. The Labute approximate surface area is 111 Å². The maximum Gasteiger partial charge on any atom is 0.296 e. The molecule has 0 aromatic heterocycles. The van der Waals surface area contributed by atoms with Crippen LogP contribution >= 0.6 is 0 Å². The summed E-state index contributed by atoms with van der Waals surface area (Å²) in [5.74, 6) is 0.495. The maximum absolute atomic E-state index is 11.0. The van der Waals surface area contributed by atoms with E-state index in [0.29, 0.717) is 17.6 Å². The Hall–Kier alpha value is -1.82. The SMILES string of the molecule is O=[N+]([O-])c1cc(O)ccc1NC1CCN2CCC1C2. The van der Waals surface area contributed by atoms with E-state index >= 15 is 0 Å². The number of fused-ring (bicyclic) bond motifs is 2. The van der Waals surface area contributed by atoms with Crippen LogP contribution in [-0.4, -0.2) is 40.6 Å². The van der Waals surface area contributed by atoms with E-state index in [0.717, 1.165) is 32.5 Å². The molecule has 3 rings (SSSR count). The van der Waals surface area contributed by atoms with Crippen LogP contribution < -0.4 is 5.32 Å². The number of rotatable bonds is 3. The van der Waals surface area contributed by atoms with E-state index in [1.807, 2.05) is 0 Å². The molecule has 6 heteroatoms. The molecule has 6 nitrogen and oxygen atoms in total. The maximum atomic E-state index is 11.0. The molecule has 0 radical (unpaired) electrons. The lowest BCUT2D eigenvalue weighted by Crippen LogP contribution is -2.39. The number of hydrogen-bond donors (Lipinski definition) is 2. The van der Waals surface area contributed by atoms with Crippen molar-refractivity contribution in [2.75, 3.05) is 25.0 Å². The summed E-state index contributed by atoms with van der Waals surface area (Å²) >= 11 is 0. The van der Waals surface area contributed by atoms with Crippen LogP contribution in [0.5, 0.6) is 5.75 Å². The first-order valence-corrected chi connectivity index (χ1v) is 6.60. The van der Waals surface area contributed by atoms with Gasteiger partial charge in [0.05, 0.1) is 11.0 Å². The van der Waals surface area contributed by atoms with Crippen molar-refractivity contribution in [2.24, 2.45) is 5.92 Å². The Bertz CT molecular complexity index is 506. The Morgan fingerprint density at radius 2 is 2.16 bits per heavy atom. The standard InChI is InChI=1S/C13H17N3O3/c17-10-1-2-12(13(7-10)16(18)19)14-11-4-6-15-5-3-9(11)8-15/h1-2,7,9,11,14,17H,3-6,8H2. The van der Waals surface area contributed by atoms with Gasteiger partial charge in [-0.1, -0.05) is 0 Å². The second-order valence-electron chi connectivity index (χ2n) is 5.35. The van der Waals surface area contributed by atoms with Gasteiger partial charge in [0, 0.05) is 19.1 Å². The summed E-state index contributed by atoms with van der Waals surface area (Å²) < 4.78 is 0. The number of nitrogens with one attached hydrogen (secondary N) is 1. The van der Waals surface area contributed by atoms with E-state index < -0.39 is 4.92 Å². The summed E-state index contributed by atoms with van der Waals surface area (Å²) in [6.07, 6.45) is 2.17. The molecule has 2 heterocycles. The van der Waals surface area contributed by atoms with E-state index in [-0.39, 0.29) is 11.4 Å². The minimum absolute atomic E-state index is 0.0552. The molecule has 0 saturated carbocycles. The van der Waals surface area contributed by atoms with Crippen molar-refractivity contribution >= 4 is 11.4 Å². The van der Waals surface area contributed by atoms with E-state index in [9.17, 15) is 15.2 Å². The fourth-order valence-corrected chi connectivity index (χ4v) is 3.13. The largest absolute Gasteiger partial charge is 0.508 e. The van der Waals surface area contributed by atoms with Gasteiger partial charge in [-0.15, -0.1) is 0 Å². The Kier molecular flexibility index (Phi) is 3.02. The lowest BCUT2D eigenvalue weighted by Gasteiger charge is -2.31. The molecule has 102 valence electrons. The van der Waals surface area contributed by atoms with E-state index in [4.69, 9.17) is 0 Å². The number of aromatic hydroxyl groups is 1. The molecule has 0 aliphatic carbocycles. The number of hydrogen-bond acceptors (Lipinski definition) is 5. The van der Waals surface area contributed by atoms with Crippen LogP contribution in [-0.2, 0) is 0 Å². The van der Waals surface area contributed by atoms with Gasteiger partial charge >= 0.3 is 0 Å². The third-order valence-corrected chi connectivity index (χ3v) is 4.15. The first kappa shape index (κ1) is 12.2. The van der Waals surface area contributed by atoms with Crippen molar-refractivity contribution in [2.45, 2.75) is 18.9 Å². The van der Waals surface area contributed by atoms with Crippen molar-refractivity contribution in [3.05, 3.63) is 28.3 Å². The number of phenols is 1. The fourth-order valence-electron chi connectivity index (χ4n) is 3.13. The Balaban J connectivity index is 1.81. The van der Waals surface area contributed by atoms with Crippen LogP contribution in [0.15, 0.2) is 18.2 Å². The van der Waals surface area contributed by atoms with Crippen LogP contribution in [0.4, 0.5) is 11.4 Å². The zero-order valence-electron chi connectivity index (χ0n) is 10.6. The first-order valence-electron chi connectivity index (χ1n) is 6.60. The first-order chi connectivity index (χ1) is 9.13. The molecule has 2 saturated heterocycles. The number of nitro groups is 1. The van der Waals surface area contributed by atoms with Crippen molar-refractivity contribution in [1.82, 2.24) is 4.90 Å². The topological polar surface area (TPSA) is 78.6 Å². The average molecular weight is 263 g/mol. The van der Waals surface area contributed by atoms with E-state index in [1.165, 1.54) is 12.1 Å². The molecule has 2 N–H and O–H groups in total. The van der Waals surface area contributed by atoms with Gasteiger partial charge in [0.2, 0.25) is 0 Å². The van der Waals surface area contributed by atoms with Gasteiger partial charge in [-0.2, -0.15) is 0 Å². The molecule has 2 aliphatic heterocycles. The van der Waals surface area contributed by atoms with Crippen LogP contribution in [0, 0.1) is 16.0 Å². The van der Waals surface area contributed by atoms with Gasteiger partial charge in [-0.05, 0) is 37.4 Å². The summed E-state index contributed by atoms with van der Waals surface area (Å²) in [4.78, 5) is 13.0. The van der Waals surface area contributed by atoms with Gasteiger partial charge in [-0.25, -0.2) is 0 Å². The summed E-state index contributed by atoms with van der Waals surface area (Å²) in [5, 5.41) is 23.7. The van der Waals surface area contributed by atoms with E-state index in [1.54, 1.807) is 6.07 Å². The predicted molar refractivity (Wildman–Crippen MR) is 71.3 cm³/mol. The summed E-state index contributed by atoms with van der Waals surface area (Å²) in [5.41, 5.74) is 0.452. The molecule has 2 fully saturated rings. The zero-order chi connectivity index (χ0) is 13.4. The number of phenolic OH excluding ortho intramolecular Hbond substituents is 1. The minimum atomic E-state index is -0.453. The normalized spacial score (nSPS) is 29.2. The van der Waals surface area contributed by atoms with Crippen LogP contribution in [0.1, 0.15) is 12.8 Å². The van der Waals surface area contributed by atoms with Crippen molar-refractivity contribution < 1.29 is 10.0 Å². The van der Waals surface area contributed by atoms with Crippen molar-refractivity contribution in [1.29, 1.82) is 0 Å². The number of piperidine rings is 1. The zero-order valence-corrected chi connectivity index (χ0v) is 10.6. The summed E-state index contributed by atoms with van der Waals surface area (Å²) in [6.45, 7) is 3.28. The molecular weight excluding hydrogens is 246 g/mol. The molecule has 1 aromatic carbocycles. The fraction of sp³-hybridized carbons (Fsp3) is 0.538. The Morgan fingerprint density at radius 3 is 2.95 bits per heavy atom. The quantitative estimate of drug-likeness (QED) is 0.494. The third kappa shape index (κ3) is 2.35. The minimum Gasteiger partial charge on any atom is -0.508 e. The van der Waals surface area contributed by atoms with Crippen molar-refractivity contribution in [3.8, 4) is 5.75 Å². The molecule has 3 atom stereocenters. The number of benzene rings is 1. The highest BCUT2D eigenvalue weighted by Crippen LogP contribution is 2.33. The third-order valence-electron chi connectivity index (χ3n) is 4.15. The summed E-state index contributed by atoms with van der Waals surface area (Å²) in [7, 11) is 0. The number of nitro benzene ring substituents is 1. The second kappa shape index (κ2) is 4.70. The predicted octanol–water partition coefficient (Wildman–Crippen LogP) is 1.81. The van der Waals surface area contributed by atoms with Gasteiger partial charge in [0.15, 0.2) is 0 Å². The second-order valence-corrected chi connectivity index (χ2v) is 5.35. The highest BCUT2D eigenvalue weighted by molar-refractivity contribution is 5.64. The summed E-state index contributed by atoms with van der Waals surface area (Å²) in [6, 6.07) is 4.57. The average Bonchev–Trinajstić information content (AvgIpc) is 2.77.